The van der Waals surface area contributed by atoms with Gasteiger partial charge in [-0.25, -0.2) is 4.98 Å². The molecule has 39 heavy (non-hydrogen) atoms. The van der Waals surface area contributed by atoms with Crippen LogP contribution in [0.25, 0.3) is 11.0 Å². The van der Waals surface area contributed by atoms with Crippen molar-refractivity contribution in [3.05, 3.63) is 131 Å². The summed E-state index contributed by atoms with van der Waals surface area (Å²) < 4.78 is 2.14. The normalized spacial score (nSPS) is 11.1. The van der Waals surface area contributed by atoms with Crippen molar-refractivity contribution in [2.45, 2.75) is 12.6 Å². The van der Waals surface area contributed by atoms with E-state index in [2.05, 4.69) is 97.1 Å². The van der Waals surface area contributed by atoms with Gasteiger partial charge >= 0.3 is 0 Å². The van der Waals surface area contributed by atoms with E-state index in [1.165, 1.54) is 0 Å². The second-order valence-corrected chi connectivity index (χ2v) is 9.20. The quantitative estimate of drug-likeness (QED) is 0.292. The van der Waals surface area contributed by atoms with E-state index in [-0.39, 0.29) is 17.9 Å². The predicted octanol–water partition coefficient (Wildman–Crippen LogP) is 5.13. The molecule has 0 spiro atoms. The maximum atomic E-state index is 12.6. The van der Waals surface area contributed by atoms with E-state index < -0.39 is 0 Å². The number of imidazole rings is 1. The number of hydrogen-bond donors (Lipinski definition) is 2. The van der Waals surface area contributed by atoms with Crippen LogP contribution in [0.5, 0.6) is 0 Å². The lowest BCUT2D eigenvalue weighted by molar-refractivity contribution is 0.102. The van der Waals surface area contributed by atoms with E-state index in [1.807, 2.05) is 42.5 Å². The third-order valence-corrected chi connectivity index (χ3v) is 6.70. The zero-order valence-electron chi connectivity index (χ0n) is 21.3. The molecule has 9 heteroatoms. The van der Waals surface area contributed by atoms with E-state index in [0.717, 1.165) is 33.7 Å². The first-order chi connectivity index (χ1) is 19.2. The van der Waals surface area contributed by atoms with Crippen LogP contribution < -0.4 is 10.2 Å². The largest absolute Gasteiger partial charge is 0.327 e. The van der Waals surface area contributed by atoms with Gasteiger partial charge in [-0.15, -0.1) is 5.10 Å². The smallest absolute Gasteiger partial charge is 0.270 e. The van der Waals surface area contributed by atoms with Gasteiger partial charge in [0.05, 0.1) is 17.1 Å². The fourth-order valence-electron chi connectivity index (χ4n) is 4.84. The topological polar surface area (TPSA) is 105 Å². The molecule has 4 aromatic carbocycles. The van der Waals surface area contributed by atoms with Crippen LogP contribution in [0.15, 0.2) is 109 Å². The number of aromatic nitrogens is 6. The molecule has 2 N–H and O–H groups in total. The minimum Gasteiger partial charge on any atom is -0.327 e. The van der Waals surface area contributed by atoms with Crippen LogP contribution in [0.3, 0.4) is 0 Å². The number of carbonyl (C=O) groups excluding carboxylic acids is 1. The van der Waals surface area contributed by atoms with E-state index >= 15 is 0 Å². The van der Waals surface area contributed by atoms with Crippen molar-refractivity contribution < 1.29 is 4.79 Å². The van der Waals surface area contributed by atoms with Crippen LogP contribution >= 0.6 is 0 Å². The molecule has 0 atom stereocenters. The van der Waals surface area contributed by atoms with Gasteiger partial charge in [0.15, 0.2) is 0 Å². The number of fused-ring (bicyclic) bond motifs is 1. The molecule has 0 bridgehead atoms. The minimum absolute atomic E-state index is 0.0934. The highest BCUT2D eigenvalue weighted by Crippen LogP contribution is 2.35. The van der Waals surface area contributed by atoms with Gasteiger partial charge in [0.25, 0.3) is 11.9 Å². The lowest BCUT2D eigenvalue weighted by Gasteiger charge is -2.34. The van der Waals surface area contributed by atoms with Gasteiger partial charge in [-0.05, 0) is 46.2 Å². The molecule has 0 fully saturated rings. The number of benzene rings is 4. The SMILES string of the molecule is Cn1c(N(Cc2ccc(C(=O)Nc3nn[nH]n3)cc2)C(c2ccccc2)c2ccccc2)nc2ccccc21. The number of H-pyrrole nitrogens is 1. The Morgan fingerprint density at radius 3 is 2.13 bits per heavy atom. The number of aryl methyl sites for hydroxylation is 1. The number of carbonyl (C=O) groups is 1. The summed E-state index contributed by atoms with van der Waals surface area (Å²) in [4.78, 5) is 20.0. The Labute approximate surface area is 225 Å². The van der Waals surface area contributed by atoms with Crippen molar-refractivity contribution in [3.63, 3.8) is 0 Å². The monoisotopic (exact) mass is 514 g/mol. The van der Waals surface area contributed by atoms with Crippen LogP contribution in [0.4, 0.5) is 11.9 Å². The summed E-state index contributed by atoms with van der Waals surface area (Å²) in [6, 6.07) is 36.5. The molecule has 0 radical (unpaired) electrons. The molecule has 1 amide bonds. The Hall–Kier alpha value is -5.31. The highest BCUT2D eigenvalue weighted by molar-refractivity contribution is 6.03. The van der Waals surface area contributed by atoms with Crippen LogP contribution in [-0.2, 0) is 13.6 Å². The fraction of sp³-hybridized carbons (Fsp3) is 0.100. The van der Waals surface area contributed by atoms with Gasteiger partial charge in [0.2, 0.25) is 5.95 Å². The molecule has 6 aromatic rings. The van der Waals surface area contributed by atoms with Crippen molar-refractivity contribution in [2.24, 2.45) is 7.05 Å². The fourth-order valence-corrected chi connectivity index (χ4v) is 4.84. The number of para-hydroxylation sites is 2. The van der Waals surface area contributed by atoms with Gasteiger partial charge in [0.1, 0.15) is 0 Å². The Morgan fingerprint density at radius 1 is 0.872 bits per heavy atom. The molecule has 6 rings (SSSR count). The molecule has 0 aliphatic heterocycles. The van der Waals surface area contributed by atoms with Crippen molar-refractivity contribution >= 4 is 28.8 Å². The number of nitrogens with zero attached hydrogens (tertiary/aromatic N) is 6. The van der Waals surface area contributed by atoms with E-state index in [1.54, 1.807) is 12.1 Å². The Morgan fingerprint density at radius 2 is 1.51 bits per heavy atom. The Bertz CT molecular complexity index is 1640. The zero-order valence-corrected chi connectivity index (χ0v) is 21.3. The van der Waals surface area contributed by atoms with Gasteiger partial charge in [0, 0.05) is 19.2 Å². The average molecular weight is 515 g/mol. The summed E-state index contributed by atoms with van der Waals surface area (Å²) in [5.41, 5.74) is 5.86. The highest BCUT2D eigenvalue weighted by Gasteiger charge is 2.27. The number of rotatable bonds is 8. The van der Waals surface area contributed by atoms with E-state index in [4.69, 9.17) is 4.98 Å². The summed E-state index contributed by atoms with van der Waals surface area (Å²) in [5, 5.41) is 16.0. The second-order valence-electron chi connectivity index (χ2n) is 9.20. The number of amides is 1. The molecular formula is C30H26N8O. The zero-order chi connectivity index (χ0) is 26.6. The first kappa shape index (κ1) is 24.1. The van der Waals surface area contributed by atoms with Gasteiger partial charge < -0.3 is 9.47 Å². The molecule has 0 aliphatic rings. The number of tetrazole rings is 1. The molecule has 0 aliphatic carbocycles. The number of hydrogen-bond acceptors (Lipinski definition) is 6. The number of anilines is 2. The van der Waals surface area contributed by atoms with E-state index in [9.17, 15) is 4.79 Å². The van der Waals surface area contributed by atoms with Crippen LogP contribution in [-0.4, -0.2) is 36.1 Å². The number of nitrogens with one attached hydrogen (secondary N) is 2. The van der Waals surface area contributed by atoms with Crippen LogP contribution in [0.2, 0.25) is 0 Å². The van der Waals surface area contributed by atoms with Crippen LogP contribution in [0.1, 0.15) is 33.1 Å². The van der Waals surface area contributed by atoms with Gasteiger partial charge in [-0.2, -0.15) is 5.21 Å². The summed E-state index contributed by atoms with van der Waals surface area (Å²) in [6.07, 6.45) is 0. The number of aromatic amines is 1. The molecule has 192 valence electrons. The van der Waals surface area contributed by atoms with Gasteiger partial charge in [-0.3, -0.25) is 10.1 Å². The summed E-state index contributed by atoms with van der Waals surface area (Å²) >= 11 is 0. The molecule has 9 nitrogen and oxygen atoms in total. The predicted molar refractivity (Wildman–Crippen MR) is 150 cm³/mol. The lowest BCUT2D eigenvalue weighted by Crippen LogP contribution is -2.31. The highest BCUT2D eigenvalue weighted by atomic mass is 16.1. The van der Waals surface area contributed by atoms with Crippen LogP contribution in [0, 0.1) is 0 Å². The first-order valence-electron chi connectivity index (χ1n) is 12.6. The maximum Gasteiger partial charge on any atom is 0.270 e. The average Bonchev–Trinajstić information content (AvgIpc) is 3.62. The lowest BCUT2D eigenvalue weighted by atomic mass is 9.96. The molecule has 0 unspecified atom stereocenters. The van der Waals surface area contributed by atoms with Crippen molar-refractivity contribution in [1.29, 1.82) is 0 Å². The standard InChI is InChI=1S/C30H26N8O/c1-37-26-15-9-8-14-25(26)31-30(37)38(27(22-10-4-2-5-11-22)23-12-6-3-7-13-23)20-21-16-18-24(19-17-21)28(39)32-29-33-35-36-34-29/h2-19,27H,20H2,1H3,(H2,32,33,34,35,36,39). The Balaban J connectivity index is 1.41. The second kappa shape index (κ2) is 10.6. The Kier molecular flexibility index (Phi) is 6.53. The molecule has 0 saturated carbocycles. The van der Waals surface area contributed by atoms with Crippen molar-refractivity contribution in [2.75, 3.05) is 10.2 Å². The third-order valence-electron chi connectivity index (χ3n) is 6.70. The molecule has 2 heterocycles. The molecule has 2 aromatic heterocycles. The summed E-state index contributed by atoms with van der Waals surface area (Å²) in [6.45, 7) is 0.568. The minimum atomic E-state index is -0.304. The van der Waals surface area contributed by atoms with Crippen molar-refractivity contribution in [3.8, 4) is 0 Å². The van der Waals surface area contributed by atoms with E-state index in [0.29, 0.717) is 12.1 Å². The third kappa shape index (κ3) is 4.97. The summed E-state index contributed by atoms with van der Waals surface area (Å²) in [5.74, 6) is 0.681. The molecular weight excluding hydrogens is 488 g/mol. The first-order valence-corrected chi connectivity index (χ1v) is 12.6. The van der Waals surface area contributed by atoms with Gasteiger partial charge in [-0.1, -0.05) is 90.0 Å². The summed E-state index contributed by atoms with van der Waals surface area (Å²) in [7, 11) is 2.05. The van der Waals surface area contributed by atoms with Crippen molar-refractivity contribution in [1.82, 2.24) is 30.2 Å². The maximum absolute atomic E-state index is 12.6. The molecule has 0 saturated heterocycles.